The first kappa shape index (κ1) is 19.5. The van der Waals surface area contributed by atoms with Gasteiger partial charge in [-0.15, -0.1) is 0 Å². The lowest BCUT2D eigenvalue weighted by molar-refractivity contribution is -0.214. The van der Waals surface area contributed by atoms with Crippen molar-refractivity contribution in [1.82, 2.24) is 9.80 Å². The second-order valence-electron chi connectivity index (χ2n) is 6.48. The summed E-state index contributed by atoms with van der Waals surface area (Å²) in [7, 11) is 0. The van der Waals surface area contributed by atoms with Gasteiger partial charge in [-0.3, -0.25) is 14.6 Å². The first-order chi connectivity index (χ1) is 11.1. The highest BCUT2D eigenvalue weighted by molar-refractivity contribution is 5.90. The van der Waals surface area contributed by atoms with Crippen molar-refractivity contribution in [3.63, 3.8) is 0 Å². The number of carbonyl (C=O) groups excluding carboxylic acids is 1. The molecule has 0 N–H and O–H groups in total. The summed E-state index contributed by atoms with van der Waals surface area (Å²) >= 11 is 0. The summed E-state index contributed by atoms with van der Waals surface area (Å²) in [4.78, 5) is 14.2. The Morgan fingerprint density at radius 1 is 0.625 bits per heavy atom. The van der Waals surface area contributed by atoms with E-state index in [0.717, 1.165) is 22.6 Å². The molecule has 24 heavy (non-hydrogen) atoms. The Kier molecular flexibility index (Phi) is 6.17. The molecule has 0 aromatic heterocycles. The summed E-state index contributed by atoms with van der Waals surface area (Å²) in [6, 6.07) is -5.35. The topological polar surface area (TPSA) is 23.6 Å². The van der Waals surface area contributed by atoms with Crippen molar-refractivity contribution < 1.29 is 31.1 Å². The average Bonchev–Trinajstić information content (AvgIpc) is 2.46. The fourth-order valence-corrected chi connectivity index (χ4v) is 3.60. The molecule has 0 aliphatic carbocycles. The zero-order valence-electron chi connectivity index (χ0n) is 13.3. The van der Waals surface area contributed by atoms with Gasteiger partial charge in [0.15, 0.2) is 17.9 Å². The Morgan fingerprint density at radius 3 is 1.17 bits per heavy atom. The number of ketones is 1. The van der Waals surface area contributed by atoms with Gasteiger partial charge in [0.05, 0.1) is 0 Å². The highest BCUT2D eigenvalue weighted by Gasteiger charge is 2.58. The van der Waals surface area contributed by atoms with Crippen molar-refractivity contribution in [3.8, 4) is 0 Å². The van der Waals surface area contributed by atoms with E-state index in [4.69, 9.17) is 0 Å². The smallest absolute Gasteiger partial charge is 0.295 e. The molecule has 140 valence electrons. The molecule has 0 spiro atoms. The zero-order chi connectivity index (χ0) is 18.0. The zero-order valence-corrected chi connectivity index (χ0v) is 13.3. The summed E-state index contributed by atoms with van der Waals surface area (Å²) in [6.45, 7) is 0.00196. The van der Waals surface area contributed by atoms with Crippen LogP contribution in [0.25, 0.3) is 0 Å². The molecule has 9 heteroatoms. The molecular formula is C15H22F6N2O. The maximum absolute atomic E-state index is 13.4. The molecule has 0 bridgehead atoms. The van der Waals surface area contributed by atoms with Crippen molar-refractivity contribution in [2.75, 3.05) is 26.2 Å². The molecule has 0 aromatic carbocycles. The number of carbonyl (C=O) groups is 1. The molecule has 2 aliphatic rings. The van der Waals surface area contributed by atoms with Gasteiger partial charge in [0.1, 0.15) is 0 Å². The fraction of sp³-hybridized carbons (Fsp3) is 0.933. The second kappa shape index (κ2) is 7.59. The Morgan fingerprint density at radius 2 is 0.917 bits per heavy atom. The van der Waals surface area contributed by atoms with E-state index in [0.29, 0.717) is 25.7 Å². The minimum Gasteiger partial charge on any atom is -0.295 e. The van der Waals surface area contributed by atoms with E-state index in [-0.39, 0.29) is 26.2 Å². The van der Waals surface area contributed by atoms with E-state index in [1.807, 2.05) is 0 Å². The SMILES string of the molecule is O=C(C(N1CCCCC1)C(F)(F)F)C(N1CCCCC1)C(F)(F)F. The van der Waals surface area contributed by atoms with Crippen LogP contribution in [0.3, 0.4) is 0 Å². The van der Waals surface area contributed by atoms with Crippen LogP contribution in [0.15, 0.2) is 0 Å². The van der Waals surface area contributed by atoms with Crippen molar-refractivity contribution in [1.29, 1.82) is 0 Å². The third kappa shape index (κ3) is 4.62. The van der Waals surface area contributed by atoms with Crippen LogP contribution < -0.4 is 0 Å². The van der Waals surface area contributed by atoms with Crippen LogP contribution in [0.2, 0.25) is 0 Å². The number of hydrogen-bond donors (Lipinski definition) is 0. The van der Waals surface area contributed by atoms with Crippen LogP contribution in [0.4, 0.5) is 26.3 Å². The first-order valence-corrected chi connectivity index (χ1v) is 8.27. The second-order valence-corrected chi connectivity index (χ2v) is 6.48. The monoisotopic (exact) mass is 360 g/mol. The minimum atomic E-state index is -5.01. The van der Waals surface area contributed by atoms with E-state index in [9.17, 15) is 31.1 Å². The van der Waals surface area contributed by atoms with Crippen LogP contribution in [0.5, 0.6) is 0 Å². The molecule has 2 heterocycles. The lowest BCUT2D eigenvalue weighted by Gasteiger charge is -2.40. The van der Waals surface area contributed by atoms with Crippen molar-refractivity contribution in [2.24, 2.45) is 0 Å². The van der Waals surface area contributed by atoms with Crippen LogP contribution in [-0.4, -0.2) is 66.2 Å². The number of piperidine rings is 2. The summed E-state index contributed by atoms with van der Waals surface area (Å²) in [5.41, 5.74) is 0. The molecule has 0 saturated carbocycles. The maximum Gasteiger partial charge on any atom is 0.411 e. The van der Waals surface area contributed by atoms with Crippen molar-refractivity contribution >= 4 is 5.78 Å². The molecule has 0 aromatic rings. The molecule has 2 unspecified atom stereocenters. The number of nitrogens with zero attached hydrogens (tertiary/aromatic N) is 2. The predicted molar refractivity (Wildman–Crippen MR) is 75.5 cm³/mol. The van der Waals surface area contributed by atoms with E-state index in [1.165, 1.54) is 0 Å². The highest BCUT2D eigenvalue weighted by atomic mass is 19.4. The standard InChI is InChI=1S/C15H22F6N2O/c16-14(17,18)12(22-7-3-1-4-8-22)11(24)13(15(19,20)21)23-9-5-2-6-10-23/h12-13H,1-10H2. The van der Waals surface area contributed by atoms with Gasteiger partial charge >= 0.3 is 12.4 Å². The highest BCUT2D eigenvalue weighted by Crippen LogP contribution is 2.35. The molecule has 2 atom stereocenters. The first-order valence-electron chi connectivity index (χ1n) is 8.27. The minimum absolute atomic E-state index is 0.000490. The molecule has 0 radical (unpaired) electrons. The number of hydrogen-bond acceptors (Lipinski definition) is 3. The summed E-state index contributed by atoms with van der Waals surface area (Å²) in [5, 5.41) is 0. The number of Topliss-reactive ketones (excluding diaryl/α,β-unsaturated/α-hetero) is 1. The lowest BCUT2D eigenvalue weighted by Crippen LogP contribution is -2.62. The quantitative estimate of drug-likeness (QED) is 0.718. The molecule has 3 nitrogen and oxygen atoms in total. The summed E-state index contributed by atoms with van der Waals surface area (Å²) in [5.74, 6) is -1.78. The third-order valence-corrected chi connectivity index (χ3v) is 4.67. The Hall–Kier alpha value is -0.830. The molecular weight excluding hydrogens is 338 g/mol. The lowest BCUT2D eigenvalue weighted by atomic mass is 9.97. The summed E-state index contributed by atoms with van der Waals surface area (Å²) < 4.78 is 80.5. The largest absolute Gasteiger partial charge is 0.411 e. The van der Waals surface area contributed by atoms with Gasteiger partial charge in [-0.1, -0.05) is 12.8 Å². The van der Waals surface area contributed by atoms with Gasteiger partial charge < -0.3 is 0 Å². The molecule has 2 aliphatic heterocycles. The number of halogens is 6. The van der Waals surface area contributed by atoms with E-state index in [2.05, 4.69) is 0 Å². The van der Waals surface area contributed by atoms with Crippen LogP contribution in [0.1, 0.15) is 38.5 Å². The van der Waals surface area contributed by atoms with Crippen LogP contribution in [0, 0.1) is 0 Å². The summed E-state index contributed by atoms with van der Waals surface area (Å²) in [6.07, 6.45) is -6.73. The van der Waals surface area contributed by atoms with Gasteiger partial charge in [0.25, 0.3) is 0 Å². The van der Waals surface area contributed by atoms with Gasteiger partial charge in [-0.2, -0.15) is 26.3 Å². The molecule has 2 rings (SSSR count). The predicted octanol–water partition coefficient (Wildman–Crippen LogP) is 3.39. The number of rotatable bonds is 4. The van der Waals surface area contributed by atoms with Crippen molar-refractivity contribution in [2.45, 2.75) is 63.0 Å². The van der Waals surface area contributed by atoms with Crippen LogP contribution in [-0.2, 0) is 4.79 Å². The number of likely N-dealkylation sites (tertiary alicyclic amines) is 2. The van der Waals surface area contributed by atoms with Crippen LogP contribution >= 0.6 is 0 Å². The average molecular weight is 360 g/mol. The Balaban J connectivity index is 2.29. The van der Waals surface area contributed by atoms with Gasteiger partial charge in [-0.05, 0) is 51.9 Å². The Bertz CT molecular complexity index is 387. The van der Waals surface area contributed by atoms with Gasteiger partial charge in [-0.25, -0.2) is 0 Å². The fourth-order valence-electron chi connectivity index (χ4n) is 3.60. The van der Waals surface area contributed by atoms with Crippen molar-refractivity contribution in [3.05, 3.63) is 0 Å². The van der Waals surface area contributed by atoms with E-state index >= 15 is 0 Å². The van der Waals surface area contributed by atoms with Gasteiger partial charge in [0.2, 0.25) is 0 Å². The third-order valence-electron chi connectivity index (χ3n) is 4.67. The molecule has 2 saturated heterocycles. The maximum atomic E-state index is 13.4. The van der Waals surface area contributed by atoms with E-state index < -0.39 is 30.2 Å². The normalized spacial score (nSPS) is 24.6. The molecule has 2 fully saturated rings. The molecule has 0 amide bonds. The van der Waals surface area contributed by atoms with Gasteiger partial charge in [0, 0.05) is 0 Å². The Labute approximate surface area is 137 Å². The number of alkyl halides is 6. The van der Waals surface area contributed by atoms with E-state index in [1.54, 1.807) is 0 Å².